The zero-order valence-electron chi connectivity index (χ0n) is 27.3. The Morgan fingerprint density at radius 2 is 1.71 bits per heavy atom. The van der Waals surface area contributed by atoms with E-state index in [1.54, 1.807) is 6.07 Å². The maximum absolute atomic E-state index is 12.5. The van der Waals surface area contributed by atoms with Crippen LogP contribution in [0.25, 0.3) is 11.3 Å². The maximum atomic E-state index is 12.5. The number of rotatable bonds is 5. The molecular formula is C35H51N7O3. The summed E-state index contributed by atoms with van der Waals surface area (Å²) >= 11 is 0. The second-order valence-electron chi connectivity index (χ2n) is 15.5. The van der Waals surface area contributed by atoms with Gasteiger partial charge in [0.05, 0.1) is 11.4 Å². The van der Waals surface area contributed by atoms with Crippen LogP contribution >= 0.6 is 0 Å². The number of hydrogen-bond acceptors (Lipinski definition) is 9. The Balaban J connectivity index is 0.920. The van der Waals surface area contributed by atoms with Gasteiger partial charge < -0.3 is 30.3 Å². The number of hydrogen-bond donors (Lipinski definition) is 2. The van der Waals surface area contributed by atoms with Crippen LogP contribution in [0.15, 0.2) is 30.3 Å². The van der Waals surface area contributed by atoms with Crippen molar-refractivity contribution in [2.45, 2.75) is 95.9 Å². The lowest BCUT2D eigenvalue weighted by Crippen LogP contribution is -2.59. The van der Waals surface area contributed by atoms with Crippen molar-refractivity contribution in [1.82, 2.24) is 24.9 Å². The third-order valence-electron chi connectivity index (χ3n) is 11.3. The third-order valence-corrected chi connectivity index (χ3v) is 11.3. The topological polar surface area (TPSA) is 111 Å². The number of benzene rings is 1. The molecule has 7 rings (SSSR count). The molecule has 5 aliphatic rings. The Hall–Kier alpha value is -3.11. The number of anilines is 2. The standard InChI is InChI=1S/C35H51N7O3/c1-34(2,3)45-33(44)39-15-12-35(13-16-39)18-27(19-35)40-14-6-7-24(20-40)21-42-25-10-11-26(42)23-41(22-25)30-17-29(37-38-32(30)36)28-8-4-5-9-31(28)43/h4-5,8-9,17,24-27,43H,6-7,10-16,18-23H2,1-3H3,(H2,36,38). The summed E-state index contributed by atoms with van der Waals surface area (Å²) in [6, 6.07) is 11.0. The van der Waals surface area contributed by atoms with Gasteiger partial charge in [-0.3, -0.25) is 4.90 Å². The van der Waals surface area contributed by atoms with E-state index in [9.17, 15) is 9.90 Å². The van der Waals surface area contributed by atoms with Crippen LogP contribution in [0.5, 0.6) is 5.75 Å². The van der Waals surface area contributed by atoms with E-state index in [0.29, 0.717) is 40.6 Å². The molecule has 0 radical (unpaired) electrons. The molecule has 3 unspecified atom stereocenters. The molecular weight excluding hydrogens is 566 g/mol. The van der Waals surface area contributed by atoms with Gasteiger partial charge in [-0.15, -0.1) is 10.2 Å². The molecule has 4 aliphatic heterocycles. The molecule has 1 spiro atoms. The van der Waals surface area contributed by atoms with Crippen LogP contribution in [0.4, 0.5) is 16.3 Å². The van der Waals surface area contributed by atoms with Gasteiger partial charge in [-0.25, -0.2) is 4.79 Å². The molecule has 1 aromatic carbocycles. The van der Waals surface area contributed by atoms with Crippen LogP contribution in [-0.2, 0) is 4.74 Å². The van der Waals surface area contributed by atoms with Gasteiger partial charge in [0.25, 0.3) is 0 Å². The summed E-state index contributed by atoms with van der Waals surface area (Å²) in [5, 5.41) is 19.0. The Morgan fingerprint density at radius 3 is 2.40 bits per heavy atom. The molecule has 10 heteroatoms. The lowest BCUT2D eigenvalue weighted by molar-refractivity contribution is -0.0597. The summed E-state index contributed by atoms with van der Waals surface area (Å²) in [5.41, 5.74) is 8.62. The minimum Gasteiger partial charge on any atom is -0.507 e. The van der Waals surface area contributed by atoms with Gasteiger partial charge in [-0.1, -0.05) is 12.1 Å². The molecule has 2 bridgehead atoms. The number of aromatic nitrogens is 2. The Kier molecular flexibility index (Phi) is 8.09. The number of nitrogens with zero attached hydrogens (tertiary/aromatic N) is 6. The first-order valence-electron chi connectivity index (χ1n) is 17.2. The van der Waals surface area contributed by atoms with Gasteiger partial charge in [0.15, 0.2) is 5.82 Å². The summed E-state index contributed by atoms with van der Waals surface area (Å²) in [7, 11) is 0. The van der Waals surface area contributed by atoms with Crippen molar-refractivity contribution in [3.05, 3.63) is 30.3 Å². The number of carbonyl (C=O) groups is 1. The van der Waals surface area contributed by atoms with Crippen molar-refractivity contribution >= 4 is 17.6 Å². The largest absolute Gasteiger partial charge is 0.507 e. The minimum absolute atomic E-state index is 0.153. The Bertz CT molecular complexity index is 1370. The minimum atomic E-state index is -0.436. The average Bonchev–Trinajstić information content (AvgIpc) is 3.21. The summed E-state index contributed by atoms with van der Waals surface area (Å²) in [4.78, 5) is 22.5. The number of nitrogen functional groups attached to an aromatic ring is 1. The van der Waals surface area contributed by atoms with Crippen LogP contribution in [0.2, 0.25) is 0 Å². The fourth-order valence-electron chi connectivity index (χ4n) is 8.92. The van der Waals surface area contributed by atoms with Crippen LogP contribution in [0.3, 0.4) is 0 Å². The van der Waals surface area contributed by atoms with E-state index in [0.717, 1.165) is 50.6 Å². The van der Waals surface area contributed by atoms with E-state index in [1.807, 2.05) is 49.9 Å². The first-order valence-corrected chi connectivity index (χ1v) is 17.2. The Morgan fingerprint density at radius 1 is 1.00 bits per heavy atom. The summed E-state index contributed by atoms with van der Waals surface area (Å²) in [6.07, 6.45) is 9.72. The van der Waals surface area contributed by atoms with Gasteiger partial charge in [0.2, 0.25) is 0 Å². The van der Waals surface area contributed by atoms with Gasteiger partial charge >= 0.3 is 6.09 Å². The number of fused-ring (bicyclic) bond motifs is 2. The normalized spacial score (nSPS) is 27.5. The number of likely N-dealkylation sites (tertiary alicyclic amines) is 2. The number of phenols is 1. The molecule has 3 atom stereocenters. The van der Waals surface area contributed by atoms with E-state index in [4.69, 9.17) is 10.5 Å². The fourth-order valence-corrected chi connectivity index (χ4v) is 8.92. The lowest BCUT2D eigenvalue weighted by atomic mass is 9.59. The molecule has 1 aliphatic carbocycles. The SMILES string of the molecule is CC(C)(C)OC(=O)N1CCC2(CC1)CC(N1CCCC(CN3C4CCC3CN(c3cc(-c5ccccc5O)nnc3N)C4)C1)C2. The van der Waals surface area contributed by atoms with Crippen molar-refractivity contribution in [1.29, 1.82) is 0 Å². The zero-order chi connectivity index (χ0) is 31.3. The van der Waals surface area contributed by atoms with Gasteiger partial charge in [-0.05, 0) is 108 Å². The van der Waals surface area contributed by atoms with Crippen molar-refractivity contribution in [3.8, 4) is 17.0 Å². The molecule has 2 aromatic rings. The fraction of sp³-hybridized carbons (Fsp3) is 0.686. The summed E-state index contributed by atoms with van der Waals surface area (Å²) in [5.74, 6) is 1.38. The number of piperidine rings is 2. The smallest absolute Gasteiger partial charge is 0.410 e. The van der Waals surface area contributed by atoms with E-state index in [1.165, 1.54) is 58.2 Å². The van der Waals surface area contributed by atoms with Crippen molar-refractivity contribution in [2.75, 3.05) is 56.4 Å². The summed E-state index contributed by atoms with van der Waals surface area (Å²) in [6.45, 7) is 13.0. The second kappa shape index (κ2) is 11.9. The van der Waals surface area contributed by atoms with Crippen LogP contribution in [0.1, 0.15) is 72.1 Å². The molecule has 3 N–H and O–H groups in total. The summed E-state index contributed by atoms with van der Waals surface area (Å²) < 4.78 is 5.62. The Labute approximate surface area is 267 Å². The first-order chi connectivity index (χ1) is 21.6. The highest BCUT2D eigenvalue weighted by Crippen LogP contribution is 2.51. The van der Waals surface area contributed by atoms with Crippen LogP contribution in [-0.4, -0.2) is 106 Å². The third kappa shape index (κ3) is 6.32. The number of amides is 1. The van der Waals surface area contributed by atoms with Crippen molar-refractivity contribution in [2.24, 2.45) is 11.3 Å². The molecule has 5 fully saturated rings. The quantitative estimate of drug-likeness (QED) is 0.480. The molecule has 1 amide bonds. The number of phenolic OH excluding ortho intramolecular Hbond substituents is 1. The maximum Gasteiger partial charge on any atom is 0.410 e. The number of carbonyl (C=O) groups excluding carboxylic acids is 1. The van der Waals surface area contributed by atoms with Gasteiger partial charge in [-0.2, -0.15) is 0 Å². The number of ether oxygens (including phenoxy) is 1. The first kappa shape index (κ1) is 30.5. The van der Waals surface area contributed by atoms with E-state index >= 15 is 0 Å². The van der Waals surface area contributed by atoms with Crippen molar-refractivity contribution < 1.29 is 14.6 Å². The molecule has 1 aromatic heterocycles. The number of aromatic hydroxyl groups is 1. The molecule has 4 saturated heterocycles. The molecule has 10 nitrogen and oxygen atoms in total. The average molecular weight is 618 g/mol. The van der Waals surface area contributed by atoms with Gasteiger partial charge in [0, 0.05) is 63.0 Å². The zero-order valence-corrected chi connectivity index (χ0v) is 27.3. The van der Waals surface area contributed by atoms with Crippen molar-refractivity contribution in [3.63, 3.8) is 0 Å². The predicted octanol–water partition coefficient (Wildman–Crippen LogP) is 4.98. The molecule has 45 heavy (non-hydrogen) atoms. The van der Waals surface area contributed by atoms with Crippen LogP contribution < -0.4 is 10.6 Å². The highest BCUT2D eigenvalue weighted by atomic mass is 16.6. The molecule has 244 valence electrons. The number of piperazine rings is 1. The highest BCUT2D eigenvalue weighted by molar-refractivity contribution is 5.74. The monoisotopic (exact) mass is 617 g/mol. The predicted molar refractivity (Wildman–Crippen MR) is 176 cm³/mol. The molecule has 5 heterocycles. The highest BCUT2D eigenvalue weighted by Gasteiger charge is 2.49. The number of nitrogens with two attached hydrogens (primary N) is 1. The van der Waals surface area contributed by atoms with E-state index < -0.39 is 5.60 Å². The van der Waals surface area contributed by atoms with E-state index in [2.05, 4.69) is 24.9 Å². The second-order valence-corrected chi connectivity index (χ2v) is 15.5. The number of para-hydroxylation sites is 1. The van der Waals surface area contributed by atoms with E-state index in [-0.39, 0.29) is 11.8 Å². The lowest BCUT2D eigenvalue weighted by Gasteiger charge is -2.56. The molecule has 1 saturated carbocycles. The van der Waals surface area contributed by atoms with Gasteiger partial charge in [0.1, 0.15) is 11.4 Å². The van der Waals surface area contributed by atoms with Crippen LogP contribution in [0, 0.1) is 11.3 Å².